The van der Waals surface area contributed by atoms with Gasteiger partial charge < -0.3 is 19.5 Å². The highest BCUT2D eigenvalue weighted by Crippen LogP contribution is 2.42. The number of hydrogen-bond acceptors (Lipinski definition) is 8. The number of nitriles is 1. The van der Waals surface area contributed by atoms with Crippen LogP contribution >= 0.6 is 11.3 Å². The molecule has 0 amide bonds. The second-order valence-corrected chi connectivity index (χ2v) is 14.1. The maximum absolute atomic E-state index is 11.6. The van der Waals surface area contributed by atoms with Crippen LogP contribution in [0.3, 0.4) is 0 Å². The van der Waals surface area contributed by atoms with Gasteiger partial charge in [-0.1, -0.05) is 60.7 Å². The molecule has 0 saturated heterocycles. The van der Waals surface area contributed by atoms with E-state index in [1.807, 2.05) is 103 Å². The Morgan fingerprint density at radius 2 is 1.09 bits per heavy atom. The van der Waals surface area contributed by atoms with Crippen LogP contribution < -0.4 is 14.4 Å². The van der Waals surface area contributed by atoms with Crippen LogP contribution in [-0.2, 0) is 4.79 Å². The van der Waals surface area contributed by atoms with Gasteiger partial charge in [-0.2, -0.15) is 5.26 Å². The van der Waals surface area contributed by atoms with Crippen LogP contribution in [0.25, 0.3) is 61.2 Å². The average Bonchev–Trinajstić information content (AvgIpc) is 3.74. The number of carboxylic acid groups (broad SMARTS) is 1. The number of benzene rings is 6. The van der Waals surface area contributed by atoms with Crippen LogP contribution in [0.4, 0.5) is 17.1 Å². The van der Waals surface area contributed by atoms with Gasteiger partial charge >= 0.3 is 5.97 Å². The molecule has 57 heavy (non-hydrogen) atoms. The lowest BCUT2D eigenvalue weighted by Gasteiger charge is -2.25. The summed E-state index contributed by atoms with van der Waals surface area (Å²) in [4.78, 5) is 26.2. The molecule has 0 fully saturated rings. The van der Waals surface area contributed by atoms with Crippen LogP contribution in [0.2, 0.25) is 0 Å². The van der Waals surface area contributed by atoms with E-state index in [1.54, 1.807) is 20.3 Å². The number of methoxy groups -OCH3 is 2. The fourth-order valence-electron chi connectivity index (χ4n) is 6.72. The Balaban J connectivity index is 1.34. The molecule has 0 aliphatic rings. The number of hydrogen-bond donors (Lipinski definition) is 1. The van der Waals surface area contributed by atoms with Crippen molar-refractivity contribution in [1.82, 2.24) is 9.97 Å². The fourth-order valence-corrected chi connectivity index (χ4v) is 7.70. The Kier molecular flexibility index (Phi) is 10.3. The van der Waals surface area contributed by atoms with Gasteiger partial charge in [-0.05, 0) is 109 Å². The molecule has 8 rings (SSSR count). The van der Waals surface area contributed by atoms with Gasteiger partial charge in [0, 0.05) is 49.1 Å². The number of anilines is 3. The highest BCUT2D eigenvalue weighted by atomic mass is 32.1. The van der Waals surface area contributed by atoms with Crippen molar-refractivity contribution in [2.24, 2.45) is 0 Å². The van der Waals surface area contributed by atoms with Crippen LogP contribution in [0.1, 0.15) is 4.88 Å². The van der Waals surface area contributed by atoms with Gasteiger partial charge in [-0.15, -0.1) is 11.3 Å². The molecule has 1 N–H and O–H groups in total. The van der Waals surface area contributed by atoms with Crippen molar-refractivity contribution < 1.29 is 19.4 Å². The average molecular weight is 763 g/mol. The number of carbonyl (C=O) groups is 1. The van der Waals surface area contributed by atoms with E-state index in [9.17, 15) is 15.2 Å². The maximum Gasteiger partial charge on any atom is 0.346 e. The van der Waals surface area contributed by atoms with E-state index in [0.717, 1.165) is 61.3 Å². The fraction of sp³-hybridized carbons (Fsp3) is 0.0417. The van der Waals surface area contributed by atoms with Gasteiger partial charge in [0.15, 0.2) is 0 Å². The molecule has 0 atom stereocenters. The van der Waals surface area contributed by atoms with Crippen LogP contribution in [0.5, 0.6) is 11.5 Å². The van der Waals surface area contributed by atoms with Crippen molar-refractivity contribution in [3.63, 3.8) is 0 Å². The molecule has 0 aliphatic carbocycles. The zero-order chi connectivity index (χ0) is 39.3. The first-order chi connectivity index (χ1) is 27.9. The number of nitrogens with zero attached hydrogens (tertiary/aromatic N) is 4. The SMILES string of the molecule is COc1ccc(-c2nc3c(-c4ccc(N(c5ccccc5)c5ccccc5)cc4)ccc(-c4ccc(/C=C(/C#N)C(=O)O)s4)c3nc2-c2ccc(OC)cc2)cc1. The van der Waals surface area contributed by atoms with E-state index in [1.165, 1.54) is 17.4 Å². The van der Waals surface area contributed by atoms with Crippen molar-refractivity contribution in [3.8, 4) is 61.7 Å². The first-order valence-electron chi connectivity index (χ1n) is 18.0. The Morgan fingerprint density at radius 1 is 0.614 bits per heavy atom. The number of fused-ring (bicyclic) bond motifs is 1. The Bertz CT molecular complexity index is 2740. The molecule has 8 aromatic rings. The molecule has 0 radical (unpaired) electrons. The zero-order valence-electron chi connectivity index (χ0n) is 31.0. The Labute approximate surface area is 333 Å². The first-order valence-corrected chi connectivity index (χ1v) is 18.9. The molecule has 6 aromatic carbocycles. The quantitative estimate of drug-likeness (QED) is 0.102. The van der Waals surface area contributed by atoms with E-state index in [4.69, 9.17) is 19.4 Å². The van der Waals surface area contributed by atoms with Crippen molar-refractivity contribution in [2.45, 2.75) is 0 Å². The summed E-state index contributed by atoms with van der Waals surface area (Å²) in [6, 6.07) is 54.1. The number of ether oxygens (including phenoxy) is 2. The summed E-state index contributed by atoms with van der Waals surface area (Å²) in [6.07, 6.45) is 1.39. The van der Waals surface area contributed by atoms with E-state index < -0.39 is 5.97 Å². The first kappa shape index (κ1) is 36.4. The van der Waals surface area contributed by atoms with E-state index >= 15 is 0 Å². The van der Waals surface area contributed by atoms with E-state index in [2.05, 4.69) is 59.5 Å². The van der Waals surface area contributed by atoms with Gasteiger partial charge in [0.05, 0.1) is 36.6 Å². The van der Waals surface area contributed by atoms with Crippen molar-refractivity contribution >= 4 is 51.5 Å². The molecule has 0 spiro atoms. The molecule has 2 heterocycles. The van der Waals surface area contributed by atoms with Crippen LogP contribution in [-0.4, -0.2) is 35.3 Å². The third-order valence-electron chi connectivity index (χ3n) is 9.54. The predicted molar refractivity (Wildman–Crippen MR) is 228 cm³/mol. The smallest absolute Gasteiger partial charge is 0.346 e. The lowest BCUT2D eigenvalue weighted by atomic mass is 9.97. The molecular formula is C48H34N4O4S. The summed E-state index contributed by atoms with van der Waals surface area (Å²) in [7, 11) is 3.27. The van der Waals surface area contributed by atoms with Crippen LogP contribution in [0.15, 0.2) is 163 Å². The van der Waals surface area contributed by atoms with Crippen LogP contribution in [0, 0.1) is 11.3 Å². The third-order valence-corrected chi connectivity index (χ3v) is 10.6. The standard InChI is InChI=1S/C48H34N4O4S/c1-55-38-21-15-32(16-22-38)44-45(33-17-23-39(56-2)24-18-33)51-47-42(43-28-25-40(57-43)29-34(30-49)48(53)54)27-26-41(46(47)50-44)31-13-19-37(20-14-31)52(35-9-5-3-6-10-35)36-11-7-4-8-12-36/h3-29H,1-2H3,(H,53,54)/b34-29-. The Morgan fingerprint density at radius 3 is 1.58 bits per heavy atom. The highest BCUT2D eigenvalue weighted by molar-refractivity contribution is 7.16. The van der Waals surface area contributed by atoms with E-state index in [-0.39, 0.29) is 5.57 Å². The van der Waals surface area contributed by atoms with Gasteiger partial charge in [0.25, 0.3) is 0 Å². The number of aromatic nitrogens is 2. The summed E-state index contributed by atoms with van der Waals surface area (Å²) in [6.45, 7) is 0. The molecule has 0 saturated carbocycles. The molecule has 276 valence electrons. The lowest BCUT2D eigenvalue weighted by molar-refractivity contribution is -0.132. The number of thiophene rings is 1. The number of aliphatic carboxylic acids is 1. The summed E-state index contributed by atoms with van der Waals surface area (Å²) >= 11 is 1.38. The molecule has 0 aliphatic heterocycles. The molecular weight excluding hydrogens is 729 g/mol. The Hall–Kier alpha value is -7.54. The summed E-state index contributed by atoms with van der Waals surface area (Å²) in [5.74, 6) is 0.178. The third kappa shape index (κ3) is 7.45. The minimum atomic E-state index is -1.27. The molecule has 0 unspecified atom stereocenters. The monoisotopic (exact) mass is 762 g/mol. The summed E-state index contributed by atoms with van der Waals surface area (Å²) < 4.78 is 10.9. The van der Waals surface area contributed by atoms with Crippen molar-refractivity contribution in [3.05, 3.63) is 168 Å². The van der Waals surface area contributed by atoms with Crippen molar-refractivity contribution in [1.29, 1.82) is 5.26 Å². The highest BCUT2D eigenvalue weighted by Gasteiger charge is 2.21. The molecule has 8 nitrogen and oxygen atoms in total. The van der Waals surface area contributed by atoms with Gasteiger partial charge in [-0.25, -0.2) is 14.8 Å². The summed E-state index contributed by atoms with van der Waals surface area (Å²) in [5, 5.41) is 18.9. The summed E-state index contributed by atoms with van der Waals surface area (Å²) in [5.41, 5.74) is 9.89. The number of rotatable bonds is 11. The normalized spacial score (nSPS) is 11.2. The molecule has 2 aromatic heterocycles. The predicted octanol–water partition coefficient (Wildman–Crippen LogP) is 11.8. The van der Waals surface area contributed by atoms with Gasteiger partial charge in [0.2, 0.25) is 0 Å². The zero-order valence-corrected chi connectivity index (χ0v) is 31.8. The molecule has 9 heteroatoms. The number of carboxylic acids is 1. The topological polar surface area (TPSA) is 109 Å². The minimum absolute atomic E-state index is 0.337. The van der Waals surface area contributed by atoms with Gasteiger partial charge in [0.1, 0.15) is 23.1 Å². The number of para-hydroxylation sites is 2. The minimum Gasteiger partial charge on any atom is -0.497 e. The maximum atomic E-state index is 11.6. The lowest BCUT2D eigenvalue weighted by Crippen LogP contribution is -2.09. The van der Waals surface area contributed by atoms with Crippen molar-refractivity contribution in [2.75, 3.05) is 19.1 Å². The largest absolute Gasteiger partial charge is 0.497 e. The van der Waals surface area contributed by atoms with Gasteiger partial charge in [-0.3, -0.25) is 0 Å². The second kappa shape index (κ2) is 16.1. The molecule has 0 bridgehead atoms. The second-order valence-electron chi connectivity index (χ2n) is 13.0. The van der Waals surface area contributed by atoms with E-state index in [0.29, 0.717) is 27.3 Å².